The minimum atomic E-state index is -4.74. The van der Waals surface area contributed by atoms with Gasteiger partial charge in [0, 0.05) is 5.02 Å². The van der Waals surface area contributed by atoms with Gasteiger partial charge in [0.15, 0.2) is 19.5 Å². The molecule has 0 amide bonds. The summed E-state index contributed by atoms with van der Waals surface area (Å²) in [4.78, 5) is 32.0. The number of rotatable bonds is 7. The molecule has 0 aliphatic carbocycles. The van der Waals surface area contributed by atoms with Gasteiger partial charge in [0.2, 0.25) is 0 Å². The standard InChI is InChI=1S/C13H18ClO6P.Li/c1-3-4-12(21(16,17)18)20-13(15)9(2)19-11-7-5-10(14)6-8-11;/h5-9,12H,3-4H2,1-2H3,(H2,16,17,18);/q;+1/p-1. The van der Waals surface area contributed by atoms with Gasteiger partial charge in [-0.2, -0.15) is 0 Å². The molecule has 0 spiro atoms. The van der Waals surface area contributed by atoms with Crippen molar-refractivity contribution in [1.82, 2.24) is 0 Å². The van der Waals surface area contributed by atoms with Gasteiger partial charge in [-0.05, 0) is 37.6 Å². The molecule has 1 aromatic carbocycles. The summed E-state index contributed by atoms with van der Waals surface area (Å²) in [6, 6.07) is 6.32. The van der Waals surface area contributed by atoms with Gasteiger partial charge in [-0.25, -0.2) is 4.79 Å². The van der Waals surface area contributed by atoms with Crippen LogP contribution in [0.1, 0.15) is 26.7 Å². The predicted molar refractivity (Wildman–Crippen MR) is 76.2 cm³/mol. The number of benzene rings is 1. The quantitative estimate of drug-likeness (QED) is 0.401. The molecule has 3 atom stereocenters. The number of carbonyl (C=O) groups excluding carboxylic acids is 1. The van der Waals surface area contributed by atoms with E-state index in [2.05, 4.69) is 0 Å². The summed E-state index contributed by atoms with van der Waals surface area (Å²) in [5.41, 5.74) is 0. The van der Waals surface area contributed by atoms with Crippen molar-refractivity contribution in [2.24, 2.45) is 0 Å². The Hall–Kier alpha value is -0.473. The van der Waals surface area contributed by atoms with Gasteiger partial charge >= 0.3 is 24.8 Å². The molecule has 0 saturated carbocycles. The molecular formula is C13H17ClLiO6P. The van der Waals surface area contributed by atoms with Crippen LogP contribution in [0.15, 0.2) is 24.3 Å². The number of esters is 1. The van der Waals surface area contributed by atoms with E-state index in [0.717, 1.165) is 0 Å². The first-order chi connectivity index (χ1) is 9.74. The molecule has 22 heavy (non-hydrogen) atoms. The van der Waals surface area contributed by atoms with E-state index >= 15 is 0 Å². The normalized spacial score (nSPS) is 15.9. The molecule has 1 rings (SSSR count). The maximum atomic E-state index is 11.8. The van der Waals surface area contributed by atoms with Gasteiger partial charge in [-0.15, -0.1) is 0 Å². The molecule has 9 heteroatoms. The largest absolute Gasteiger partial charge is 1.00 e. The molecule has 118 valence electrons. The Bertz CT molecular complexity index is 518. The van der Waals surface area contributed by atoms with E-state index in [4.69, 9.17) is 26.0 Å². The molecule has 0 saturated heterocycles. The van der Waals surface area contributed by atoms with Crippen LogP contribution in [0.25, 0.3) is 0 Å². The van der Waals surface area contributed by atoms with E-state index in [1.54, 1.807) is 31.2 Å². The van der Waals surface area contributed by atoms with E-state index < -0.39 is 25.5 Å². The zero-order chi connectivity index (χ0) is 16.0. The molecule has 0 heterocycles. The summed E-state index contributed by atoms with van der Waals surface area (Å²) in [6.07, 6.45) is -0.550. The second-order valence-corrected chi connectivity index (χ2v) is 6.60. The van der Waals surface area contributed by atoms with Crippen LogP contribution in [0, 0.1) is 0 Å². The van der Waals surface area contributed by atoms with Crippen molar-refractivity contribution < 1.29 is 47.5 Å². The maximum absolute atomic E-state index is 11.8. The van der Waals surface area contributed by atoms with Crippen molar-refractivity contribution in [1.29, 1.82) is 0 Å². The monoisotopic (exact) mass is 342 g/mol. The molecule has 0 aromatic heterocycles. The Labute approximate surface area is 146 Å². The molecule has 3 unspecified atom stereocenters. The summed E-state index contributed by atoms with van der Waals surface area (Å²) < 4.78 is 21.2. The Morgan fingerprint density at radius 3 is 2.41 bits per heavy atom. The molecule has 0 bridgehead atoms. The first kappa shape index (κ1) is 21.5. The third-order valence-corrected chi connectivity index (χ3v) is 3.95. The van der Waals surface area contributed by atoms with E-state index in [-0.39, 0.29) is 25.3 Å². The Kier molecular flexibility index (Phi) is 9.41. The Morgan fingerprint density at radius 2 is 1.95 bits per heavy atom. The summed E-state index contributed by atoms with van der Waals surface area (Å²) in [6.45, 7) is 3.14. The third-order valence-electron chi connectivity index (χ3n) is 2.61. The average Bonchev–Trinajstić information content (AvgIpc) is 2.39. The summed E-state index contributed by atoms with van der Waals surface area (Å²) in [5, 5.41) is 0.521. The fourth-order valence-electron chi connectivity index (χ4n) is 1.53. The smallest absolute Gasteiger partial charge is 0.776 e. The summed E-state index contributed by atoms with van der Waals surface area (Å²) in [5.74, 6) is -2.02. The fraction of sp³-hybridized carbons (Fsp3) is 0.462. The average molecular weight is 343 g/mol. The number of ether oxygens (including phenoxy) is 2. The van der Waals surface area contributed by atoms with Gasteiger partial charge in [0.25, 0.3) is 0 Å². The van der Waals surface area contributed by atoms with E-state index in [1.807, 2.05) is 0 Å². The van der Waals surface area contributed by atoms with Crippen molar-refractivity contribution in [3.63, 3.8) is 0 Å². The topological polar surface area (TPSA) is 95.9 Å². The van der Waals surface area contributed by atoms with E-state index in [0.29, 0.717) is 17.2 Å². The molecule has 0 fully saturated rings. The van der Waals surface area contributed by atoms with E-state index in [1.165, 1.54) is 6.92 Å². The fourth-order valence-corrected chi connectivity index (χ4v) is 2.48. The van der Waals surface area contributed by atoms with Crippen LogP contribution in [0.4, 0.5) is 0 Å². The van der Waals surface area contributed by atoms with Gasteiger partial charge in [0.05, 0.1) is 0 Å². The zero-order valence-electron chi connectivity index (χ0n) is 12.7. The number of hydrogen-bond acceptors (Lipinski definition) is 5. The van der Waals surface area contributed by atoms with E-state index in [9.17, 15) is 14.3 Å². The van der Waals surface area contributed by atoms with Crippen LogP contribution < -0.4 is 28.5 Å². The predicted octanol–water partition coefficient (Wildman–Crippen LogP) is -0.674. The van der Waals surface area contributed by atoms with Gasteiger partial charge < -0.3 is 23.8 Å². The Balaban J connectivity index is 0.00000441. The first-order valence-electron chi connectivity index (χ1n) is 6.40. The number of carbonyl (C=O) groups is 1. The second kappa shape index (κ2) is 9.62. The zero-order valence-corrected chi connectivity index (χ0v) is 14.3. The van der Waals surface area contributed by atoms with Crippen LogP contribution in [-0.4, -0.2) is 22.8 Å². The minimum Gasteiger partial charge on any atom is -0.776 e. The SMILES string of the molecule is CCCC(OC(=O)C(C)Oc1ccc(Cl)cc1)P(=O)([O-])O.[Li+]. The Morgan fingerprint density at radius 1 is 1.41 bits per heavy atom. The van der Waals surface area contributed by atoms with Crippen LogP contribution in [0.2, 0.25) is 5.02 Å². The van der Waals surface area contributed by atoms with Crippen LogP contribution in [0.5, 0.6) is 5.75 Å². The van der Waals surface area contributed by atoms with Crippen LogP contribution >= 0.6 is 19.2 Å². The second-order valence-electron chi connectivity index (χ2n) is 4.46. The molecular weight excluding hydrogens is 326 g/mol. The number of halogens is 1. The molecule has 1 N–H and O–H groups in total. The van der Waals surface area contributed by atoms with Crippen LogP contribution in [-0.2, 0) is 14.1 Å². The van der Waals surface area contributed by atoms with Crippen molar-refractivity contribution >= 4 is 25.2 Å². The van der Waals surface area contributed by atoms with Crippen molar-refractivity contribution in [2.75, 3.05) is 0 Å². The third kappa shape index (κ3) is 7.19. The van der Waals surface area contributed by atoms with Crippen molar-refractivity contribution in [3.8, 4) is 5.75 Å². The summed E-state index contributed by atoms with van der Waals surface area (Å²) in [7, 11) is -4.74. The van der Waals surface area contributed by atoms with Gasteiger partial charge in [-0.1, -0.05) is 24.9 Å². The van der Waals surface area contributed by atoms with Gasteiger partial charge in [0.1, 0.15) is 5.75 Å². The minimum absolute atomic E-state index is 0. The van der Waals surface area contributed by atoms with Crippen molar-refractivity contribution in [3.05, 3.63) is 29.3 Å². The molecule has 0 aliphatic rings. The molecule has 6 nitrogen and oxygen atoms in total. The van der Waals surface area contributed by atoms with Crippen LogP contribution in [0.3, 0.4) is 0 Å². The summed E-state index contributed by atoms with van der Waals surface area (Å²) >= 11 is 5.72. The number of hydrogen-bond donors (Lipinski definition) is 1. The van der Waals surface area contributed by atoms with Crippen molar-refractivity contribution in [2.45, 2.75) is 38.6 Å². The maximum Gasteiger partial charge on any atom is 1.00 e. The molecule has 0 radical (unpaired) electrons. The van der Waals surface area contributed by atoms with Gasteiger partial charge in [-0.3, -0.25) is 0 Å². The first-order valence-corrected chi connectivity index (χ1v) is 8.42. The molecule has 0 aliphatic heterocycles. The molecule has 1 aromatic rings.